The Labute approximate surface area is 185 Å². The van der Waals surface area contributed by atoms with Crippen molar-refractivity contribution in [2.24, 2.45) is 0 Å². The molecule has 0 aromatic heterocycles. The van der Waals surface area contributed by atoms with Gasteiger partial charge in [-0.25, -0.2) is 9.59 Å². The molecule has 3 rings (SSSR count). The molecule has 0 spiro atoms. The number of likely N-dealkylation sites (N-methyl/N-ethyl adjacent to an activating group) is 1. The van der Waals surface area contributed by atoms with Gasteiger partial charge in [0, 0.05) is 17.6 Å². The standard InChI is InChI=1S/C23H23ClN2O5/c1-4-30-22(28)20-19(13-31-18-11-7-15(8-12-18)14(2)27)26(3)23(29)25-21(20)16-5-9-17(24)10-6-16/h5-12,21H,4,13H2,1-3H3,(H,25,29). The maximum Gasteiger partial charge on any atom is 0.338 e. The Morgan fingerprint density at radius 3 is 2.32 bits per heavy atom. The molecule has 1 unspecified atom stereocenters. The van der Waals surface area contributed by atoms with Crippen molar-refractivity contribution in [2.75, 3.05) is 20.3 Å². The Balaban J connectivity index is 1.97. The Hall–Kier alpha value is -3.32. The molecule has 0 aliphatic carbocycles. The van der Waals surface area contributed by atoms with Gasteiger partial charge in [-0.15, -0.1) is 0 Å². The number of nitrogens with one attached hydrogen (secondary N) is 1. The van der Waals surface area contributed by atoms with Gasteiger partial charge in [-0.3, -0.25) is 9.69 Å². The number of benzene rings is 2. The van der Waals surface area contributed by atoms with Crippen LogP contribution in [0.25, 0.3) is 0 Å². The molecule has 0 bridgehead atoms. The van der Waals surface area contributed by atoms with Gasteiger partial charge >= 0.3 is 12.0 Å². The first kappa shape index (κ1) is 22.4. The first-order valence-corrected chi connectivity index (χ1v) is 10.1. The van der Waals surface area contributed by atoms with Gasteiger partial charge in [-0.05, 0) is 55.8 Å². The van der Waals surface area contributed by atoms with Gasteiger partial charge in [0.1, 0.15) is 12.4 Å². The van der Waals surface area contributed by atoms with E-state index in [1.807, 2.05) is 0 Å². The summed E-state index contributed by atoms with van der Waals surface area (Å²) in [5.74, 6) is -0.0868. The second kappa shape index (κ2) is 9.66. The SMILES string of the molecule is CCOC(=O)C1=C(COc2ccc(C(C)=O)cc2)N(C)C(=O)NC1c1ccc(Cl)cc1. The number of rotatable bonds is 7. The highest BCUT2D eigenvalue weighted by atomic mass is 35.5. The monoisotopic (exact) mass is 442 g/mol. The zero-order valence-electron chi connectivity index (χ0n) is 17.5. The maximum atomic E-state index is 12.9. The van der Waals surface area contributed by atoms with Gasteiger partial charge in [0.15, 0.2) is 5.78 Å². The Bertz CT molecular complexity index is 1020. The van der Waals surface area contributed by atoms with Crippen LogP contribution >= 0.6 is 11.6 Å². The number of esters is 1. The first-order chi connectivity index (χ1) is 14.8. The highest BCUT2D eigenvalue weighted by Gasteiger charge is 2.37. The molecule has 7 nitrogen and oxygen atoms in total. The number of halogens is 1. The van der Waals surface area contributed by atoms with Gasteiger partial charge in [0.25, 0.3) is 0 Å². The molecule has 1 aliphatic rings. The summed E-state index contributed by atoms with van der Waals surface area (Å²) in [6.45, 7) is 3.35. The number of Topliss-reactive ketones (excluding diaryl/α,β-unsaturated/α-hetero) is 1. The lowest BCUT2D eigenvalue weighted by Gasteiger charge is -2.34. The summed E-state index contributed by atoms with van der Waals surface area (Å²) in [6, 6.07) is 12.4. The van der Waals surface area contributed by atoms with E-state index in [2.05, 4.69) is 5.32 Å². The van der Waals surface area contributed by atoms with E-state index >= 15 is 0 Å². The molecule has 0 fully saturated rings. The molecule has 1 N–H and O–H groups in total. The molecule has 1 atom stereocenters. The van der Waals surface area contributed by atoms with E-state index in [0.29, 0.717) is 27.6 Å². The zero-order chi connectivity index (χ0) is 22.5. The van der Waals surface area contributed by atoms with Crippen molar-refractivity contribution in [3.05, 3.63) is 76.0 Å². The predicted octanol–water partition coefficient (Wildman–Crippen LogP) is 4.13. The first-order valence-electron chi connectivity index (χ1n) is 9.75. The molecule has 0 radical (unpaired) electrons. The molecular weight excluding hydrogens is 420 g/mol. The normalized spacial score (nSPS) is 16.1. The molecule has 1 aliphatic heterocycles. The Kier molecular flexibility index (Phi) is 6.97. The smallest absolute Gasteiger partial charge is 0.338 e. The number of hydrogen-bond acceptors (Lipinski definition) is 5. The van der Waals surface area contributed by atoms with Crippen LogP contribution in [-0.4, -0.2) is 42.9 Å². The van der Waals surface area contributed by atoms with Crippen molar-refractivity contribution >= 4 is 29.4 Å². The van der Waals surface area contributed by atoms with Crippen molar-refractivity contribution < 1.29 is 23.9 Å². The molecular formula is C23H23ClN2O5. The van der Waals surface area contributed by atoms with Gasteiger partial charge in [0.2, 0.25) is 0 Å². The second-order valence-electron chi connectivity index (χ2n) is 6.94. The molecule has 162 valence electrons. The summed E-state index contributed by atoms with van der Waals surface area (Å²) in [4.78, 5) is 38.3. The number of carbonyl (C=O) groups is 3. The number of ketones is 1. The fraction of sp³-hybridized carbons (Fsp3) is 0.261. The minimum absolute atomic E-state index is 0.0401. The third kappa shape index (κ3) is 5.06. The van der Waals surface area contributed by atoms with Crippen molar-refractivity contribution in [1.29, 1.82) is 0 Å². The Morgan fingerprint density at radius 2 is 1.74 bits per heavy atom. The summed E-state index contributed by atoms with van der Waals surface area (Å²) in [7, 11) is 1.56. The van der Waals surface area contributed by atoms with Crippen LogP contribution in [0.5, 0.6) is 5.75 Å². The lowest BCUT2D eigenvalue weighted by atomic mass is 9.95. The molecule has 2 aromatic carbocycles. The minimum Gasteiger partial charge on any atom is -0.487 e. The zero-order valence-corrected chi connectivity index (χ0v) is 18.2. The number of urea groups is 1. The van der Waals surface area contributed by atoms with Gasteiger partial charge in [-0.1, -0.05) is 23.7 Å². The fourth-order valence-electron chi connectivity index (χ4n) is 3.22. The molecule has 8 heteroatoms. The van der Waals surface area contributed by atoms with E-state index in [0.717, 1.165) is 0 Å². The number of hydrogen-bond donors (Lipinski definition) is 1. The third-order valence-electron chi connectivity index (χ3n) is 4.91. The van der Waals surface area contributed by atoms with E-state index in [1.165, 1.54) is 11.8 Å². The fourth-order valence-corrected chi connectivity index (χ4v) is 3.35. The quantitative estimate of drug-likeness (QED) is 0.514. The van der Waals surface area contributed by atoms with Crippen LogP contribution in [0.2, 0.25) is 5.02 Å². The molecule has 2 aromatic rings. The number of nitrogens with zero attached hydrogens (tertiary/aromatic N) is 1. The van der Waals surface area contributed by atoms with E-state index < -0.39 is 12.0 Å². The van der Waals surface area contributed by atoms with Crippen LogP contribution in [0.1, 0.15) is 35.8 Å². The van der Waals surface area contributed by atoms with Crippen molar-refractivity contribution in [3.8, 4) is 5.75 Å². The average molecular weight is 443 g/mol. The number of ether oxygens (including phenoxy) is 2. The highest BCUT2D eigenvalue weighted by Crippen LogP contribution is 2.32. The molecule has 0 saturated heterocycles. The minimum atomic E-state index is -0.710. The summed E-state index contributed by atoms with van der Waals surface area (Å²) < 4.78 is 11.1. The van der Waals surface area contributed by atoms with Crippen molar-refractivity contribution in [1.82, 2.24) is 10.2 Å². The number of carbonyl (C=O) groups excluding carboxylic acids is 3. The van der Waals surface area contributed by atoms with Gasteiger partial charge < -0.3 is 14.8 Å². The van der Waals surface area contributed by atoms with E-state index in [1.54, 1.807) is 62.5 Å². The summed E-state index contributed by atoms with van der Waals surface area (Å²) in [6.07, 6.45) is 0. The second-order valence-corrected chi connectivity index (χ2v) is 7.38. The summed E-state index contributed by atoms with van der Waals surface area (Å²) in [5, 5.41) is 3.38. The molecule has 31 heavy (non-hydrogen) atoms. The van der Waals surface area contributed by atoms with E-state index in [-0.39, 0.29) is 30.6 Å². The van der Waals surface area contributed by atoms with Crippen LogP contribution < -0.4 is 10.1 Å². The van der Waals surface area contributed by atoms with Crippen LogP contribution in [-0.2, 0) is 9.53 Å². The molecule has 2 amide bonds. The van der Waals surface area contributed by atoms with E-state index in [4.69, 9.17) is 21.1 Å². The largest absolute Gasteiger partial charge is 0.487 e. The van der Waals surface area contributed by atoms with Crippen LogP contribution in [0.3, 0.4) is 0 Å². The predicted molar refractivity (Wildman–Crippen MR) is 116 cm³/mol. The van der Waals surface area contributed by atoms with Crippen LogP contribution in [0.4, 0.5) is 4.79 Å². The van der Waals surface area contributed by atoms with Crippen LogP contribution in [0.15, 0.2) is 59.8 Å². The van der Waals surface area contributed by atoms with Crippen molar-refractivity contribution in [2.45, 2.75) is 19.9 Å². The summed E-state index contributed by atoms with van der Waals surface area (Å²) in [5.41, 5.74) is 1.93. The third-order valence-corrected chi connectivity index (χ3v) is 5.16. The highest BCUT2D eigenvalue weighted by molar-refractivity contribution is 6.30. The maximum absolute atomic E-state index is 12.9. The topological polar surface area (TPSA) is 84.9 Å². The lowest BCUT2D eigenvalue weighted by Crippen LogP contribution is -2.48. The van der Waals surface area contributed by atoms with E-state index in [9.17, 15) is 14.4 Å². The summed E-state index contributed by atoms with van der Waals surface area (Å²) >= 11 is 5.99. The Morgan fingerprint density at radius 1 is 1.10 bits per heavy atom. The van der Waals surface area contributed by atoms with Crippen molar-refractivity contribution in [3.63, 3.8) is 0 Å². The van der Waals surface area contributed by atoms with Crippen LogP contribution in [0, 0.1) is 0 Å². The number of amides is 2. The van der Waals surface area contributed by atoms with Gasteiger partial charge in [-0.2, -0.15) is 0 Å². The van der Waals surface area contributed by atoms with Gasteiger partial charge in [0.05, 0.1) is 23.9 Å². The molecule has 0 saturated carbocycles. The lowest BCUT2D eigenvalue weighted by molar-refractivity contribution is -0.139. The average Bonchev–Trinajstić information content (AvgIpc) is 2.75. The molecule has 1 heterocycles.